The maximum absolute atomic E-state index is 11.8. The Hall–Kier alpha value is -1.84. The van der Waals surface area contributed by atoms with Crippen LogP contribution in [0, 0.1) is 0 Å². The topological polar surface area (TPSA) is 50.7 Å². The van der Waals surface area contributed by atoms with Crippen LogP contribution in [0.15, 0.2) is 29.4 Å². The van der Waals surface area contributed by atoms with Gasteiger partial charge in [-0.25, -0.2) is 5.43 Å². The fourth-order valence-electron chi connectivity index (χ4n) is 3.05. The van der Waals surface area contributed by atoms with Crippen molar-refractivity contribution in [1.29, 1.82) is 0 Å². The SMILES string of the molecule is CCCCCCCCCCCCCC(=O)NN=Cc1ccccc1OCC. The van der Waals surface area contributed by atoms with E-state index in [9.17, 15) is 4.79 Å². The van der Waals surface area contributed by atoms with Crippen molar-refractivity contribution in [2.24, 2.45) is 5.10 Å². The fraction of sp³-hybridized carbons (Fsp3) is 0.652. The molecule has 0 bridgehead atoms. The highest BCUT2D eigenvalue weighted by molar-refractivity contribution is 5.85. The van der Waals surface area contributed by atoms with Gasteiger partial charge in [0, 0.05) is 12.0 Å². The summed E-state index contributed by atoms with van der Waals surface area (Å²) in [5.41, 5.74) is 3.48. The Balaban J connectivity index is 2.03. The Kier molecular flexibility index (Phi) is 14.0. The summed E-state index contributed by atoms with van der Waals surface area (Å²) < 4.78 is 5.53. The molecule has 4 nitrogen and oxygen atoms in total. The van der Waals surface area contributed by atoms with Crippen LogP contribution in [0.1, 0.15) is 96.5 Å². The summed E-state index contributed by atoms with van der Waals surface area (Å²) in [5, 5.41) is 4.05. The predicted octanol–water partition coefficient (Wildman–Crippen LogP) is 6.24. The summed E-state index contributed by atoms with van der Waals surface area (Å²) in [6.07, 6.45) is 16.3. The molecule has 0 aliphatic heterocycles. The number of hydrogen-bond donors (Lipinski definition) is 1. The van der Waals surface area contributed by atoms with Gasteiger partial charge in [0.15, 0.2) is 0 Å². The Morgan fingerprint density at radius 1 is 0.926 bits per heavy atom. The fourth-order valence-corrected chi connectivity index (χ4v) is 3.05. The first-order chi connectivity index (χ1) is 13.3. The first-order valence-corrected chi connectivity index (χ1v) is 10.8. The zero-order chi connectivity index (χ0) is 19.6. The molecule has 1 rings (SSSR count). The molecule has 152 valence electrons. The number of unbranched alkanes of at least 4 members (excludes halogenated alkanes) is 10. The molecule has 4 heteroatoms. The molecule has 1 aromatic rings. The highest BCUT2D eigenvalue weighted by Crippen LogP contribution is 2.15. The van der Waals surface area contributed by atoms with E-state index in [1.165, 1.54) is 57.8 Å². The molecule has 0 fully saturated rings. The lowest BCUT2D eigenvalue weighted by Gasteiger charge is -2.06. The molecule has 0 radical (unpaired) electrons. The van der Waals surface area contributed by atoms with E-state index < -0.39 is 0 Å². The number of carbonyl (C=O) groups is 1. The van der Waals surface area contributed by atoms with Gasteiger partial charge in [-0.15, -0.1) is 0 Å². The van der Waals surface area contributed by atoms with Gasteiger partial charge in [-0.1, -0.05) is 83.3 Å². The van der Waals surface area contributed by atoms with E-state index in [0.29, 0.717) is 13.0 Å². The highest BCUT2D eigenvalue weighted by atomic mass is 16.5. The lowest BCUT2D eigenvalue weighted by Crippen LogP contribution is -2.17. The second-order valence-corrected chi connectivity index (χ2v) is 7.05. The largest absolute Gasteiger partial charge is 0.493 e. The van der Waals surface area contributed by atoms with Gasteiger partial charge in [-0.3, -0.25) is 4.79 Å². The van der Waals surface area contributed by atoms with Gasteiger partial charge in [-0.2, -0.15) is 5.10 Å². The molecule has 0 atom stereocenters. The number of para-hydroxylation sites is 1. The summed E-state index contributed by atoms with van der Waals surface area (Å²) >= 11 is 0. The normalized spacial score (nSPS) is 11.0. The number of ether oxygens (including phenoxy) is 1. The van der Waals surface area contributed by atoms with Crippen molar-refractivity contribution in [3.05, 3.63) is 29.8 Å². The van der Waals surface area contributed by atoms with E-state index in [4.69, 9.17) is 4.74 Å². The van der Waals surface area contributed by atoms with Crippen molar-refractivity contribution in [3.63, 3.8) is 0 Å². The van der Waals surface area contributed by atoms with Gasteiger partial charge in [0.2, 0.25) is 5.91 Å². The maximum atomic E-state index is 11.8. The third-order valence-electron chi connectivity index (χ3n) is 4.62. The van der Waals surface area contributed by atoms with Crippen molar-refractivity contribution in [1.82, 2.24) is 5.43 Å². The lowest BCUT2D eigenvalue weighted by atomic mass is 10.1. The van der Waals surface area contributed by atoms with Crippen molar-refractivity contribution in [2.45, 2.75) is 90.9 Å². The van der Waals surface area contributed by atoms with Crippen LogP contribution in [-0.2, 0) is 4.79 Å². The number of nitrogens with one attached hydrogen (secondary N) is 1. The van der Waals surface area contributed by atoms with Crippen molar-refractivity contribution in [2.75, 3.05) is 6.61 Å². The average molecular weight is 375 g/mol. The zero-order valence-electron chi connectivity index (χ0n) is 17.3. The molecule has 1 aromatic carbocycles. The van der Waals surface area contributed by atoms with Gasteiger partial charge in [-0.05, 0) is 25.5 Å². The van der Waals surface area contributed by atoms with E-state index >= 15 is 0 Å². The van der Waals surface area contributed by atoms with Crippen LogP contribution in [0.25, 0.3) is 0 Å². The molecule has 0 aliphatic carbocycles. The van der Waals surface area contributed by atoms with Crippen molar-refractivity contribution in [3.8, 4) is 5.75 Å². The third-order valence-corrected chi connectivity index (χ3v) is 4.62. The molecule has 0 saturated heterocycles. The van der Waals surface area contributed by atoms with Crippen LogP contribution in [-0.4, -0.2) is 18.7 Å². The number of nitrogens with zero attached hydrogens (tertiary/aromatic N) is 1. The minimum absolute atomic E-state index is 0.0175. The van der Waals surface area contributed by atoms with Gasteiger partial charge < -0.3 is 4.74 Å². The Labute approximate surface area is 165 Å². The second kappa shape index (κ2) is 16.3. The summed E-state index contributed by atoms with van der Waals surface area (Å²) in [7, 11) is 0. The first kappa shape index (κ1) is 23.2. The van der Waals surface area contributed by atoms with E-state index in [-0.39, 0.29) is 5.91 Å². The smallest absolute Gasteiger partial charge is 0.240 e. The van der Waals surface area contributed by atoms with E-state index in [2.05, 4.69) is 17.5 Å². The number of amides is 1. The van der Waals surface area contributed by atoms with Gasteiger partial charge in [0.25, 0.3) is 0 Å². The van der Waals surface area contributed by atoms with E-state index in [1.54, 1.807) is 6.21 Å². The van der Waals surface area contributed by atoms with Gasteiger partial charge in [0.05, 0.1) is 12.8 Å². The van der Waals surface area contributed by atoms with Gasteiger partial charge in [0.1, 0.15) is 5.75 Å². The van der Waals surface area contributed by atoms with Crippen molar-refractivity contribution >= 4 is 12.1 Å². The molecule has 0 aliphatic rings. The van der Waals surface area contributed by atoms with E-state index in [1.807, 2.05) is 31.2 Å². The molecule has 0 spiro atoms. The molecule has 0 heterocycles. The minimum atomic E-state index is -0.0175. The third kappa shape index (κ3) is 12.2. The number of benzene rings is 1. The maximum Gasteiger partial charge on any atom is 0.240 e. The molecule has 27 heavy (non-hydrogen) atoms. The van der Waals surface area contributed by atoms with Gasteiger partial charge >= 0.3 is 0 Å². The average Bonchev–Trinajstić information content (AvgIpc) is 2.67. The van der Waals surface area contributed by atoms with Crippen LogP contribution in [0.3, 0.4) is 0 Å². The van der Waals surface area contributed by atoms with Crippen molar-refractivity contribution < 1.29 is 9.53 Å². The number of hydrazone groups is 1. The summed E-state index contributed by atoms with van der Waals surface area (Å²) in [5.74, 6) is 0.763. The minimum Gasteiger partial charge on any atom is -0.493 e. The molecule has 0 aromatic heterocycles. The summed E-state index contributed by atoms with van der Waals surface area (Å²) in [6.45, 7) is 4.81. The molecule has 0 unspecified atom stereocenters. The molecule has 1 amide bonds. The molecular formula is C23H38N2O2. The van der Waals surface area contributed by atoms with Crippen LogP contribution in [0.5, 0.6) is 5.75 Å². The van der Waals surface area contributed by atoms with E-state index in [0.717, 1.165) is 24.2 Å². The molecule has 1 N–H and O–H groups in total. The number of hydrogen-bond acceptors (Lipinski definition) is 3. The predicted molar refractivity (Wildman–Crippen MR) is 114 cm³/mol. The Bertz CT molecular complexity index is 529. The Morgan fingerprint density at radius 3 is 2.15 bits per heavy atom. The van der Waals surface area contributed by atoms with Crippen LogP contribution < -0.4 is 10.2 Å². The zero-order valence-corrected chi connectivity index (χ0v) is 17.3. The molecule has 0 saturated carbocycles. The van der Waals surface area contributed by atoms with Crippen LogP contribution in [0.4, 0.5) is 0 Å². The summed E-state index contributed by atoms with van der Waals surface area (Å²) in [4.78, 5) is 11.8. The Morgan fingerprint density at radius 2 is 1.52 bits per heavy atom. The summed E-state index contributed by atoms with van der Waals surface area (Å²) in [6, 6.07) is 7.67. The lowest BCUT2D eigenvalue weighted by molar-refractivity contribution is -0.121. The molecular weight excluding hydrogens is 336 g/mol. The monoisotopic (exact) mass is 374 g/mol. The van der Waals surface area contributed by atoms with Crippen LogP contribution >= 0.6 is 0 Å². The highest BCUT2D eigenvalue weighted by Gasteiger charge is 2.01. The first-order valence-electron chi connectivity index (χ1n) is 10.8. The number of carbonyl (C=O) groups excluding carboxylic acids is 1. The van der Waals surface area contributed by atoms with Crippen LogP contribution in [0.2, 0.25) is 0 Å². The quantitative estimate of drug-likeness (QED) is 0.212. The second-order valence-electron chi connectivity index (χ2n) is 7.05. The number of rotatable bonds is 16. The standard InChI is InChI=1S/C23H38N2O2/c1-3-5-6-7-8-9-10-11-12-13-14-19-23(26)25-24-20-21-17-15-16-18-22(21)27-4-2/h15-18,20H,3-14,19H2,1-2H3,(H,25,26).